The van der Waals surface area contributed by atoms with Crippen molar-refractivity contribution in [1.29, 1.82) is 0 Å². The highest BCUT2D eigenvalue weighted by molar-refractivity contribution is 6.30. The Morgan fingerprint density at radius 1 is 1.26 bits per heavy atom. The van der Waals surface area contributed by atoms with Crippen molar-refractivity contribution < 1.29 is 4.74 Å². The van der Waals surface area contributed by atoms with Crippen LogP contribution in [0.5, 0.6) is 0 Å². The Morgan fingerprint density at radius 2 is 2.04 bits per heavy atom. The third kappa shape index (κ3) is 3.77. The number of nitrogens with zero attached hydrogens (tertiary/aromatic N) is 1. The molecule has 0 aromatic heterocycles. The van der Waals surface area contributed by atoms with Gasteiger partial charge in [0.1, 0.15) is 0 Å². The van der Waals surface area contributed by atoms with E-state index < -0.39 is 0 Å². The number of piperidine rings is 1. The van der Waals surface area contributed by atoms with Crippen LogP contribution >= 0.6 is 11.6 Å². The van der Waals surface area contributed by atoms with E-state index in [0.29, 0.717) is 6.61 Å². The Morgan fingerprint density at radius 3 is 2.74 bits per heavy atom. The average molecular weight is 330 g/mol. The minimum absolute atomic E-state index is 0.00776. The van der Waals surface area contributed by atoms with Crippen LogP contribution in [0, 0.1) is 0 Å². The van der Waals surface area contributed by atoms with Crippen LogP contribution in [0.1, 0.15) is 24.0 Å². The zero-order valence-electron chi connectivity index (χ0n) is 13.6. The van der Waals surface area contributed by atoms with Crippen molar-refractivity contribution in [3.63, 3.8) is 0 Å². The van der Waals surface area contributed by atoms with E-state index in [1.807, 2.05) is 30.4 Å². The molecule has 1 aromatic carbocycles. The van der Waals surface area contributed by atoms with Gasteiger partial charge in [-0.3, -0.25) is 4.90 Å². The van der Waals surface area contributed by atoms with Gasteiger partial charge in [-0.25, -0.2) is 0 Å². The van der Waals surface area contributed by atoms with Gasteiger partial charge in [-0.2, -0.15) is 0 Å². The topological polar surface area (TPSA) is 12.5 Å². The van der Waals surface area contributed by atoms with Crippen LogP contribution in [0.4, 0.5) is 0 Å². The van der Waals surface area contributed by atoms with Crippen LogP contribution in [-0.4, -0.2) is 30.1 Å². The number of hydrogen-bond donors (Lipinski definition) is 0. The first kappa shape index (κ1) is 16.5. The summed E-state index contributed by atoms with van der Waals surface area (Å²) in [6.45, 7) is 11.4. The van der Waals surface area contributed by atoms with Crippen LogP contribution in [0.15, 0.2) is 55.2 Å². The van der Waals surface area contributed by atoms with Crippen molar-refractivity contribution in [1.82, 2.24) is 4.90 Å². The molecule has 2 heterocycles. The minimum atomic E-state index is 0.00776. The highest BCUT2D eigenvalue weighted by Crippen LogP contribution is 2.37. The third-order valence-corrected chi connectivity index (χ3v) is 5.22. The molecule has 1 aromatic rings. The highest BCUT2D eigenvalue weighted by Gasteiger charge is 2.38. The summed E-state index contributed by atoms with van der Waals surface area (Å²) in [5.74, 6) is 0. The first-order valence-electron chi connectivity index (χ1n) is 8.22. The maximum absolute atomic E-state index is 6.28. The minimum Gasteiger partial charge on any atom is -0.370 e. The lowest BCUT2D eigenvalue weighted by atomic mass is 9.81. The zero-order valence-corrected chi connectivity index (χ0v) is 14.3. The van der Waals surface area contributed by atoms with E-state index in [-0.39, 0.29) is 5.60 Å². The fourth-order valence-electron chi connectivity index (χ4n) is 3.56. The molecule has 0 N–H and O–H groups in total. The normalized spacial score (nSPS) is 21.0. The van der Waals surface area contributed by atoms with E-state index in [2.05, 4.69) is 24.1 Å². The lowest BCUT2D eigenvalue weighted by molar-refractivity contribution is -0.101. The lowest BCUT2D eigenvalue weighted by Gasteiger charge is -2.44. The molecule has 1 fully saturated rings. The maximum atomic E-state index is 6.28. The first-order chi connectivity index (χ1) is 11.1. The second-order valence-electron chi connectivity index (χ2n) is 6.52. The Bertz CT molecular complexity index is 627. The van der Waals surface area contributed by atoms with Crippen molar-refractivity contribution in [2.45, 2.75) is 31.5 Å². The third-order valence-electron chi connectivity index (χ3n) is 4.98. The molecule has 2 aliphatic heterocycles. The lowest BCUT2D eigenvalue weighted by Crippen LogP contribution is -2.49. The van der Waals surface area contributed by atoms with Gasteiger partial charge in [0.15, 0.2) is 0 Å². The van der Waals surface area contributed by atoms with E-state index in [1.165, 1.54) is 16.7 Å². The van der Waals surface area contributed by atoms with E-state index in [0.717, 1.165) is 43.9 Å². The Balaban J connectivity index is 1.63. The van der Waals surface area contributed by atoms with Gasteiger partial charge in [0.2, 0.25) is 0 Å². The standard InChI is InChI=1S/C20H24ClNO/c1-3-5-16(4-2)14-22-10-8-20(9-11-22)13-17-6-7-19(21)12-18(17)15-23-20/h3-7,12H,1-2,8-11,13-15H2/b16-5+. The SMILES string of the molecule is C=C/C=C(\C=C)CN1CCC2(CC1)Cc1ccc(Cl)cc1CO2. The summed E-state index contributed by atoms with van der Waals surface area (Å²) in [6.07, 6.45) is 8.94. The summed E-state index contributed by atoms with van der Waals surface area (Å²) in [5.41, 5.74) is 3.87. The second-order valence-corrected chi connectivity index (χ2v) is 6.96. The summed E-state index contributed by atoms with van der Waals surface area (Å²) >= 11 is 6.08. The molecule has 23 heavy (non-hydrogen) atoms. The summed E-state index contributed by atoms with van der Waals surface area (Å²) in [7, 11) is 0. The monoisotopic (exact) mass is 329 g/mol. The smallest absolute Gasteiger partial charge is 0.0751 e. The predicted molar refractivity (Wildman–Crippen MR) is 96.8 cm³/mol. The molecule has 0 bridgehead atoms. The molecule has 1 spiro atoms. The van der Waals surface area contributed by atoms with Gasteiger partial charge in [0.25, 0.3) is 0 Å². The number of rotatable bonds is 4. The van der Waals surface area contributed by atoms with Gasteiger partial charge < -0.3 is 4.74 Å². The van der Waals surface area contributed by atoms with E-state index in [9.17, 15) is 0 Å². The average Bonchev–Trinajstić information content (AvgIpc) is 2.57. The molecule has 0 amide bonds. The van der Waals surface area contributed by atoms with Crippen molar-refractivity contribution in [2.24, 2.45) is 0 Å². The molecule has 0 aliphatic carbocycles. The predicted octanol–water partition coefficient (Wildman–Crippen LogP) is 4.55. The molecular formula is C20H24ClNO. The number of hydrogen-bond acceptors (Lipinski definition) is 2. The van der Waals surface area contributed by atoms with Crippen molar-refractivity contribution in [3.8, 4) is 0 Å². The molecular weight excluding hydrogens is 306 g/mol. The zero-order chi connectivity index (χ0) is 16.3. The molecule has 2 aliphatic rings. The van der Waals surface area contributed by atoms with Gasteiger partial charge in [0, 0.05) is 31.1 Å². The molecule has 0 saturated carbocycles. The van der Waals surface area contributed by atoms with Crippen LogP contribution < -0.4 is 0 Å². The second kappa shape index (κ2) is 7.04. The summed E-state index contributed by atoms with van der Waals surface area (Å²) in [5, 5.41) is 0.795. The van der Waals surface area contributed by atoms with Gasteiger partial charge in [-0.1, -0.05) is 49.1 Å². The number of fused-ring (bicyclic) bond motifs is 1. The first-order valence-corrected chi connectivity index (χ1v) is 8.59. The molecule has 2 nitrogen and oxygen atoms in total. The summed E-state index contributed by atoms with van der Waals surface area (Å²) in [4.78, 5) is 2.48. The number of benzene rings is 1. The molecule has 0 atom stereocenters. The van der Waals surface area contributed by atoms with Gasteiger partial charge >= 0.3 is 0 Å². The number of allylic oxidation sites excluding steroid dienone is 2. The summed E-state index contributed by atoms with van der Waals surface area (Å²) < 4.78 is 6.28. The van der Waals surface area contributed by atoms with E-state index >= 15 is 0 Å². The number of ether oxygens (including phenoxy) is 1. The largest absolute Gasteiger partial charge is 0.370 e. The Hall–Kier alpha value is -1.35. The fraction of sp³-hybridized carbons (Fsp3) is 0.400. The highest BCUT2D eigenvalue weighted by atomic mass is 35.5. The Labute approximate surface area is 144 Å². The molecule has 0 unspecified atom stereocenters. The molecule has 1 saturated heterocycles. The van der Waals surface area contributed by atoms with Crippen molar-refractivity contribution in [3.05, 3.63) is 71.3 Å². The van der Waals surface area contributed by atoms with Crippen LogP contribution in [0.3, 0.4) is 0 Å². The molecule has 0 radical (unpaired) electrons. The summed E-state index contributed by atoms with van der Waals surface area (Å²) in [6, 6.07) is 6.19. The number of halogens is 1. The van der Waals surface area contributed by atoms with Crippen LogP contribution in [0.2, 0.25) is 5.02 Å². The van der Waals surface area contributed by atoms with E-state index in [4.69, 9.17) is 16.3 Å². The van der Waals surface area contributed by atoms with Gasteiger partial charge in [-0.05, 0) is 41.7 Å². The van der Waals surface area contributed by atoms with Crippen molar-refractivity contribution >= 4 is 11.6 Å². The van der Waals surface area contributed by atoms with Crippen molar-refractivity contribution in [2.75, 3.05) is 19.6 Å². The quantitative estimate of drug-likeness (QED) is 0.752. The van der Waals surface area contributed by atoms with E-state index in [1.54, 1.807) is 0 Å². The molecule has 122 valence electrons. The maximum Gasteiger partial charge on any atom is 0.0751 e. The molecule has 3 rings (SSSR count). The van der Waals surface area contributed by atoms with Crippen LogP contribution in [0.25, 0.3) is 0 Å². The molecule has 3 heteroatoms. The Kier molecular flexibility index (Phi) is 5.05. The van der Waals surface area contributed by atoms with Gasteiger partial charge in [-0.15, -0.1) is 0 Å². The van der Waals surface area contributed by atoms with Gasteiger partial charge in [0.05, 0.1) is 12.2 Å². The number of likely N-dealkylation sites (tertiary alicyclic amines) is 1. The fourth-order valence-corrected chi connectivity index (χ4v) is 3.76. The van der Waals surface area contributed by atoms with Crippen LogP contribution in [-0.2, 0) is 17.8 Å².